The maximum Gasteiger partial charge on any atom is 0.339 e. The first-order chi connectivity index (χ1) is 17.0. The van der Waals surface area contributed by atoms with Gasteiger partial charge in [-0.2, -0.15) is 5.10 Å². The van der Waals surface area contributed by atoms with E-state index in [9.17, 15) is 9.59 Å². The molecule has 2 aromatic heterocycles. The number of ether oxygens (including phenoxy) is 2. The van der Waals surface area contributed by atoms with E-state index in [0.717, 1.165) is 57.7 Å². The normalized spacial score (nSPS) is 20.8. The highest BCUT2D eigenvalue weighted by Crippen LogP contribution is 2.40. The van der Waals surface area contributed by atoms with Gasteiger partial charge in [0.25, 0.3) is 5.91 Å². The fourth-order valence-electron chi connectivity index (χ4n) is 5.55. The first kappa shape index (κ1) is 24.2. The largest absolute Gasteiger partial charge is 0.452 e. The molecule has 1 amide bonds. The standard InChI is InChI=1S/C26H37N5O4/c1-18(2)31-24-21(15-28-31)20(14-22(29-24)19-6-7-19)25(33)35-16-23(32)27-17-26(8-4-3-5-9-26)30-10-12-34-13-11-30/h14-15,18-19H,3-13,16-17H2,1-2H3,(H,27,32). The van der Waals surface area contributed by atoms with Crippen LogP contribution in [0.5, 0.6) is 0 Å². The highest BCUT2D eigenvalue weighted by atomic mass is 16.5. The average Bonchev–Trinajstić information content (AvgIpc) is 3.65. The van der Waals surface area contributed by atoms with Gasteiger partial charge in [0.15, 0.2) is 12.3 Å². The summed E-state index contributed by atoms with van der Waals surface area (Å²) in [6.45, 7) is 7.64. The number of nitrogens with one attached hydrogen (secondary N) is 1. The summed E-state index contributed by atoms with van der Waals surface area (Å²) in [4.78, 5) is 33.1. The minimum atomic E-state index is -0.502. The topological polar surface area (TPSA) is 98.6 Å². The molecule has 5 rings (SSSR count). The Bertz CT molecular complexity index is 1070. The van der Waals surface area contributed by atoms with Crippen molar-refractivity contribution in [3.8, 4) is 0 Å². The summed E-state index contributed by atoms with van der Waals surface area (Å²) >= 11 is 0. The van der Waals surface area contributed by atoms with E-state index >= 15 is 0 Å². The van der Waals surface area contributed by atoms with Gasteiger partial charge in [0.1, 0.15) is 0 Å². The van der Waals surface area contributed by atoms with E-state index in [2.05, 4.69) is 15.3 Å². The average molecular weight is 484 g/mol. The van der Waals surface area contributed by atoms with E-state index in [1.807, 2.05) is 24.6 Å². The Kier molecular flexibility index (Phi) is 7.07. The highest BCUT2D eigenvalue weighted by Gasteiger charge is 2.39. The molecule has 0 spiro atoms. The van der Waals surface area contributed by atoms with Crippen molar-refractivity contribution in [2.45, 2.75) is 76.3 Å². The van der Waals surface area contributed by atoms with E-state index in [-0.39, 0.29) is 24.1 Å². The Labute approximate surface area is 206 Å². The lowest BCUT2D eigenvalue weighted by Gasteiger charge is -2.48. The zero-order valence-corrected chi connectivity index (χ0v) is 20.9. The first-order valence-electron chi connectivity index (χ1n) is 13.1. The molecule has 9 nitrogen and oxygen atoms in total. The fraction of sp³-hybridized carbons (Fsp3) is 0.692. The number of pyridine rings is 1. The molecule has 1 N–H and O–H groups in total. The molecular formula is C26H37N5O4. The zero-order valence-electron chi connectivity index (χ0n) is 20.9. The summed E-state index contributed by atoms with van der Waals surface area (Å²) in [5.74, 6) is -0.378. The lowest BCUT2D eigenvalue weighted by molar-refractivity contribution is -0.125. The van der Waals surface area contributed by atoms with Crippen molar-refractivity contribution in [1.82, 2.24) is 25.0 Å². The van der Waals surface area contributed by atoms with Gasteiger partial charge in [-0.3, -0.25) is 9.69 Å². The number of aromatic nitrogens is 3. The van der Waals surface area contributed by atoms with Crippen LogP contribution in [0.2, 0.25) is 0 Å². The van der Waals surface area contributed by atoms with Crippen molar-refractivity contribution in [3.05, 3.63) is 23.5 Å². The number of hydrogen-bond donors (Lipinski definition) is 1. The number of fused-ring (bicyclic) bond motifs is 1. The third kappa shape index (κ3) is 5.21. The SMILES string of the molecule is CC(C)n1ncc2c(C(=O)OCC(=O)NCC3(N4CCOCC4)CCCCC3)cc(C3CC3)nc21. The maximum atomic E-state index is 13.1. The van der Waals surface area contributed by atoms with Gasteiger partial charge in [0.2, 0.25) is 0 Å². The lowest BCUT2D eigenvalue weighted by Crippen LogP contribution is -2.59. The molecule has 2 aromatic rings. The van der Waals surface area contributed by atoms with Crippen LogP contribution in [0.1, 0.15) is 86.8 Å². The van der Waals surface area contributed by atoms with E-state index < -0.39 is 5.97 Å². The van der Waals surface area contributed by atoms with Crippen molar-refractivity contribution < 1.29 is 19.1 Å². The number of rotatable bonds is 8. The van der Waals surface area contributed by atoms with E-state index in [4.69, 9.17) is 14.5 Å². The van der Waals surface area contributed by atoms with Gasteiger partial charge in [0, 0.05) is 42.8 Å². The second-order valence-electron chi connectivity index (χ2n) is 10.5. The number of nitrogens with zero attached hydrogens (tertiary/aromatic N) is 4. The molecule has 2 aliphatic carbocycles. The minimum Gasteiger partial charge on any atom is -0.452 e. The highest BCUT2D eigenvalue weighted by molar-refractivity contribution is 6.03. The minimum absolute atomic E-state index is 0.0243. The number of hydrogen-bond acceptors (Lipinski definition) is 7. The second-order valence-corrected chi connectivity index (χ2v) is 10.5. The van der Waals surface area contributed by atoms with Crippen molar-refractivity contribution in [1.29, 1.82) is 0 Å². The van der Waals surface area contributed by atoms with E-state index in [1.165, 1.54) is 19.3 Å². The molecule has 3 heterocycles. The summed E-state index contributed by atoms with van der Waals surface area (Å²) in [7, 11) is 0. The van der Waals surface area contributed by atoms with Crippen LogP contribution in [-0.4, -0.2) is 76.5 Å². The molecule has 2 saturated carbocycles. The van der Waals surface area contributed by atoms with Gasteiger partial charge in [-0.25, -0.2) is 14.5 Å². The van der Waals surface area contributed by atoms with Gasteiger partial charge < -0.3 is 14.8 Å². The molecule has 9 heteroatoms. The van der Waals surface area contributed by atoms with Gasteiger partial charge >= 0.3 is 5.97 Å². The Morgan fingerprint density at radius 3 is 2.63 bits per heavy atom. The van der Waals surface area contributed by atoms with Gasteiger partial charge in [-0.05, 0) is 45.6 Å². The molecule has 1 aliphatic heterocycles. The molecular weight excluding hydrogens is 446 g/mol. The van der Waals surface area contributed by atoms with Crippen molar-refractivity contribution in [3.63, 3.8) is 0 Å². The molecule has 1 saturated heterocycles. The molecule has 190 valence electrons. The molecule has 3 aliphatic rings. The van der Waals surface area contributed by atoms with Gasteiger partial charge in [-0.15, -0.1) is 0 Å². The summed E-state index contributed by atoms with van der Waals surface area (Å²) in [5, 5.41) is 8.17. The number of amides is 1. The predicted molar refractivity (Wildman–Crippen MR) is 131 cm³/mol. The molecule has 0 atom stereocenters. The number of morpholine rings is 1. The quantitative estimate of drug-likeness (QED) is 0.576. The molecule has 0 aromatic carbocycles. The third-order valence-electron chi connectivity index (χ3n) is 7.71. The van der Waals surface area contributed by atoms with E-state index in [1.54, 1.807) is 6.20 Å². The van der Waals surface area contributed by atoms with Crippen LogP contribution in [0.3, 0.4) is 0 Å². The zero-order chi connectivity index (χ0) is 24.4. The smallest absolute Gasteiger partial charge is 0.339 e. The maximum absolute atomic E-state index is 13.1. The Morgan fingerprint density at radius 1 is 1.20 bits per heavy atom. The predicted octanol–water partition coefficient (Wildman–Crippen LogP) is 3.20. The van der Waals surface area contributed by atoms with Gasteiger partial charge in [-0.1, -0.05) is 19.3 Å². The number of esters is 1. The van der Waals surface area contributed by atoms with E-state index in [0.29, 0.717) is 29.1 Å². The molecule has 3 fully saturated rings. The summed E-state index contributed by atoms with van der Waals surface area (Å²) < 4.78 is 12.9. The van der Waals surface area contributed by atoms with Crippen molar-refractivity contribution in [2.24, 2.45) is 0 Å². The van der Waals surface area contributed by atoms with Crippen LogP contribution in [0, 0.1) is 0 Å². The van der Waals surface area contributed by atoms with Crippen LogP contribution in [0.25, 0.3) is 11.0 Å². The van der Waals surface area contributed by atoms with Gasteiger partial charge in [0.05, 0.1) is 30.4 Å². The summed E-state index contributed by atoms with van der Waals surface area (Å²) in [6.07, 6.45) is 9.57. The van der Waals surface area contributed by atoms with Crippen LogP contribution in [-0.2, 0) is 14.3 Å². The number of carbonyl (C=O) groups excluding carboxylic acids is 2. The van der Waals surface area contributed by atoms with Crippen LogP contribution in [0.4, 0.5) is 0 Å². The van der Waals surface area contributed by atoms with Crippen LogP contribution < -0.4 is 5.32 Å². The van der Waals surface area contributed by atoms with Crippen molar-refractivity contribution in [2.75, 3.05) is 39.5 Å². The Balaban J connectivity index is 1.24. The number of carbonyl (C=O) groups is 2. The monoisotopic (exact) mass is 483 g/mol. The fourth-order valence-corrected chi connectivity index (χ4v) is 5.55. The van der Waals surface area contributed by atoms with Crippen LogP contribution >= 0.6 is 0 Å². The Hall–Kier alpha value is -2.52. The van der Waals surface area contributed by atoms with Crippen molar-refractivity contribution >= 4 is 22.9 Å². The third-order valence-corrected chi connectivity index (χ3v) is 7.71. The lowest BCUT2D eigenvalue weighted by atomic mass is 9.79. The molecule has 0 radical (unpaired) electrons. The molecule has 0 bridgehead atoms. The molecule has 0 unspecified atom stereocenters. The van der Waals surface area contributed by atoms with Crippen LogP contribution in [0.15, 0.2) is 12.3 Å². The summed E-state index contributed by atoms with van der Waals surface area (Å²) in [5.41, 5.74) is 2.02. The Morgan fingerprint density at radius 2 is 1.94 bits per heavy atom. The molecule has 35 heavy (non-hydrogen) atoms. The summed E-state index contributed by atoms with van der Waals surface area (Å²) in [6, 6.07) is 1.95. The second kappa shape index (κ2) is 10.2. The first-order valence-corrected chi connectivity index (χ1v) is 13.1.